The van der Waals surface area contributed by atoms with Crippen molar-refractivity contribution in [2.45, 2.75) is 13.8 Å². The van der Waals surface area contributed by atoms with Crippen molar-refractivity contribution in [2.75, 3.05) is 10.6 Å². The van der Waals surface area contributed by atoms with Gasteiger partial charge in [-0.2, -0.15) is 0 Å². The number of nitrogens with zero attached hydrogens (tertiary/aromatic N) is 2. The maximum atomic E-state index is 13.2. The highest BCUT2D eigenvalue weighted by Gasteiger charge is 2.09. The van der Waals surface area contributed by atoms with Crippen LogP contribution >= 0.6 is 0 Å². The molecule has 0 fully saturated rings. The molecular formula is C25H21FN4O. The van der Waals surface area contributed by atoms with Crippen LogP contribution in [0.3, 0.4) is 0 Å². The molecule has 4 rings (SSSR count). The number of anilines is 3. The van der Waals surface area contributed by atoms with E-state index < -0.39 is 0 Å². The molecule has 3 aromatic carbocycles. The van der Waals surface area contributed by atoms with E-state index in [2.05, 4.69) is 20.6 Å². The van der Waals surface area contributed by atoms with E-state index in [1.807, 2.05) is 38.1 Å². The van der Waals surface area contributed by atoms with Gasteiger partial charge in [-0.05, 0) is 85.6 Å². The molecule has 154 valence electrons. The summed E-state index contributed by atoms with van der Waals surface area (Å²) >= 11 is 0. The number of benzene rings is 3. The third-order valence-electron chi connectivity index (χ3n) is 4.92. The molecule has 0 aliphatic rings. The van der Waals surface area contributed by atoms with Crippen LogP contribution in [0.15, 0.2) is 79.0 Å². The lowest BCUT2D eigenvalue weighted by Crippen LogP contribution is -2.12. The van der Waals surface area contributed by atoms with E-state index in [1.165, 1.54) is 17.7 Å². The summed E-state index contributed by atoms with van der Waals surface area (Å²) in [6, 6.07) is 20.7. The molecule has 0 spiro atoms. The highest BCUT2D eigenvalue weighted by atomic mass is 19.1. The van der Waals surface area contributed by atoms with Crippen LogP contribution in [0, 0.1) is 19.7 Å². The van der Waals surface area contributed by atoms with E-state index in [-0.39, 0.29) is 11.7 Å². The third kappa shape index (κ3) is 4.93. The number of carbonyl (C=O) groups is 1. The first-order valence-corrected chi connectivity index (χ1v) is 9.82. The van der Waals surface area contributed by atoms with Gasteiger partial charge in [-0.25, -0.2) is 14.4 Å². The second-order valence-electron chi connectivity index (χ2n) is 7.23. The molecule has 4 aromatic rings. The standard InChI is InChI=1S/C25H21FN4O/c1-16-6-11-22(14-17(16)2)29-25(31)19-4-3-5-21(15-19)28-23-12-13-27-24(30-23)18-7-9-20(26)10-8-18/h3-15H,1-2H3,(H,29,31)(H,27,28,30). The SMILES string of the molecule is Cc1ccc(NC(=O)c2cccc(Nc3ccnc(-c4ccc(F)cc4)n3)c2)cc1C. The van der Waals surface area contributed by atoms with E-state index in [9.17, 15) is 9.18 Å². The van der Waals surface area contributed by atoms with Crippen LogP contribution in [0.5, 0.6) is 0 Å². The molecule has 1 aromatic heterocycles. The third-order valence-corrected chi connectivity index (χ3v) is 4.92. The first-order chi connectivity index (χ1) is 15.0. The number of amides is 1. The molecule has 0 unspecified atom stereocenters. The lowest BCUT2D eigenvalue weighted by Gasteiger charge is -2.10. The highest BCUT2D eigenvalue weighted by molar-refractivity contribution is 6.04. The first-order valence-electron chi connectivity index (χ1n) is 9.82. The number of hydrogen-bond donors (Lipinski definition) is 2. The lowest BCUT2D eigenvalue weighted by molar-refractivity contribution is 0.102. The van der Waals surface area contributed by atoms with Gasteiger partial charge in [-0.15, -0.1) is 0 Å². The van der Waals surface area contributed by atoms with Crippen molar-refractivity contribution in [2.24, 2.45) is 0 Å². The fraction of sp³-hybridized carbons (Fsp3) is 0.0800. The van der Waals surface area contributed by atoms with Crippen molar-refractivity contribution in [3.8, 4) is 11.4 Å². The normalized spacial score (nSPS) is 10.5. The van der Waals surface area contributed by atoms with Crippen LogP contribution in [0.2, 0.25) is 0 Å². The van der Waals surface area contributed by atoms with Gasteiger partial charge < -0.3 is 10.6 Å². The van der Waals surface area contributed by atoms with E-state index in [4.69, 9.17) is 0 Å². The Balaban J connectivity index is 1.51. The Bertz CT molecular complexity index is 1240. The van der Waals surface area contributed by atoms with Gasteiger partial charge in [0.2, 0.25) is 0 Å². The fourth-order valence-corrected chi connectivity index (χ4v) is 3.07. The van der Waals surface area contributed by atoms with Gasteiger partial charge in [0.05, 0.1) is 0 Å². The van der Waals surface area contributed by atoms with Gasteiger partial charge in [-0.3, -0.25) is 4.79 Å². The maximum absolute atomic E-state index is 13.2. The van der Waals surface area contributed by atoms with E-state index in [1.54, 1.807) is 42.6 Å². The Labute approximate surface area is 180 Å². The molecule has 0 aliphatic heterocycles. The number of halogens is 1. The largest absolute Gasteiger partial charge is 0.340 e. The predicted molar refractivity (Wildman–Crippen MR) is 121 cm³/mol. The van der Waals surface area contributed by atoms with Crippen LogP contribution in [0.4, 0.5) is 21.6 Å². The van der Waals surface area contributed by atoms with E-state index >= 15 is 0 Å². The molecule has 2 N–H and O–H groups in total. The monoisotopic (exact) mass is 412 g/mol. The molecule has 0 bridgehead atoms. The number of hydrogen-bond acceptors (Lipinski definition) is 4. The Morgan fingerprint density at radius 1 is 0.871 bits per heavy atom. The van der Waals surface area contributed by atoms with Crippen LogP contribution < -0.4 is 10.6 Å². The van der Waals surface area contributed by atoms with Crippen molar-refractivity contribution in [1.82, 2.24) is 9.97 Å². The number of nitrogens with one attached hydrogen (secondary N) is 2. The second-order valence-corrected chi connectivity index (χ2v) is 7.23. The van der Waals surface area contributed by atoms with Gasteiger partial charge in [0, 0.05) is 28.7 Å². The zero-order valence-electron chi connectivity index (χ0n) is 17.2. The molecule has 0 radical (unpaired) electrons. The molecule has 0 atom stereocenters. The molecule has 6 heteroatoms. The Morgan fingerprint density at radius 3 is 2.45 bits per heavy atom. The van der Waals surface area contributed by atoms with Crippen LogP contribution in [-0.2, 0) is 0 Å². The summed E-state index contributed by atoms with van der Waals surface area (Å²) in [4.78, 5) is 21.4. The minimum Gasteiger partial charge on any atom is -0.340 e. The molecule has 1 amide bonds. The molecule has 0 saturated heterocycles. The first kappa shape index (κ1) is 20.2. The van der Waals surface area contributed by atoms with Crippen LogP contribution in [0.25, 0.3) is 11.4 Å². The number of rotatable bonds is 5. The summed E-state index contributed by atoms with van der Waals surface area (Å²) in [7, 11) is 0. The smallest absolute Gasteiger partial charge is 0.255 e. The summed E-state index contributed by atoms with van der Waals surface area (Å²) in [5, 5.41) is 6.13. The van der Waals surface area contributed by atoms with Gasteiger partial charge in [-0.1, -0.05) is 12.1 Å². The molecular weight excluding hydrogens is 391 g/mol. The zero-order valence-corrected chi connectivity index (χ0v) is 17.2. The maximum Gasteiger partial charge on any atom is 0.255 e. The Kier molecular flexibility index (Phi) is 5.71. The van der Waals surface area contributed by atoms with Crippen LogP contribution in [0.1, 0.15) is 21.5 Å². The second kappa shape index (κ2) is 8.75. The average Bonchev–Trinajstić information content (AvgIpc) is 2.77. The number of aryl methyl sites for hydroxylation is 2. The Hall–Kier alpha value is -4.06. The average molecular weight is 412 g/mol. The molecule has 5 nitrogen and oxygen atoms in total. The van der Waals surface area contributed by atoms with Gasteiger partial charge >= 0.3 is 0 Å². The molecule has 1 heterocycles. The summed E-state index contributed by atoms with van der Waals surface area (Å²) in [6.07, 6.45) is 1.63. The molecule has 0 saturated carbocycles. The van der Waals surface area contributed by atoms with E-state index in [0.717, 1.165) is 16.9 Å². The summed E-state index contributed by atoms with van der Waals surface area (Å²) in [6.45, 7) is 4.04. The van der Waals surface area contributed by atoms with Crippen LogP contribution in [-0.4, -0.2) is 15.9 Å². The van der Waals surface area contributed by atoms with Crippen molar-refractivity contribution in [3.05, 3.63) is 102 Å². The minimum absolute atomic E-state index is 0.193. The minimum atomic E-state index is -0.311. The van der Waals surface area contributed by atoms with Crippen molar-refractivity contribution >= 4 is 23.1 Å². The topological polar surface area (TPSA) is 66.9 Å². The van der Waals surface area contributed by atoms with Gasteiger partial charge in [0.25, 0.3) is 5.91 Å². The van der Waals surface area contributed by atoms with Gasteiger partial charge in [0.1, 0.15) is 11.6 Å². The Morgan fingerprint density at radius 2 is 1.68 bits per heavy atom. The quantitative estimate of drug-likeness (QED) is 0.429. The summed E-state index contributed by atoms with van der Waals surface area (Å²) in [5.74, 6) is 0.546. The van der Waals surface area contributed by atoms with Crippen molar-refractivity contribution in [1.29, 1.82) is 0 Å². The van der Waals surface area contributed by atoms with E-state index in [0.29, 0.717) is 22.8 Å². The van der Waals surface area contributed by atoms with Crippen molar-refractivity contribution < 1.29 is 9.18 Å². The van der Waals surface area contributed by atoms with Gasteiger partial charge in [0.15, 0.2) is 5.82 Å². The highest BCUT2D eigenvalue weighted by Crippen LogP contribution is 2.21. The fourth-order valence-electron chi connectivity index (χ4n) is 3.07. The molecule has 31 heavy (non-hydrogen) atoms. The number of aromatic nitrogens is 2. The van der Waals surface area contributed by atoms with Crippen molar-refractivity contribution in [3.63, 3.8) is 0 Å². The number of carbonyl (C=O) groups excluding carboxylic acids is 1. The molecule has 0 aliphatic carbocycles. The predicted octanol–water partition coefficient (Wildman–Crippen LogP) is 5.90. The lowest BCUT2D eigenvalue weighted by atomic mass is 10.1. The summed E-state index contributed by atoms with van der Waals surface area (Å²) in [5.41, 5.74) is 5.01. The zero-order chi connectivity index (χ0) is 21.8. The summed E-state index contributed by atoms with van der Waals surface area (Å²) < 4.78 is 13.2.